The van der Waals surface area contributed by atoms with Gasteiger partial charge in [0.1, 0.15) is 6.67 Å². The highest BCUT2D eigenvalue weighted by Crippen LogP contribution is 2.11. The number of aryl methyl sites for hydroxylation is 1. The molecule has 1 aromatic rings. The van der Waals surface area contributed by atoms with Crippen molar-refractivity contribution in [2.45, 2.75) is 13.0 Å². The fourth-order valence-corrected chi connectivity index (χ4v) is 0.990. The van der Waals surface area contributed by atoms with Crippen LogP contribution in [0.5, 0.6) is 0 Å². The minimum Gasteiger partial charge on any atom is -0.322 e. The van der Waals surface area contributed by atoms with Gasteiger partial charge in [-0.15, -0.1) is 12.4 Å². The predicted octanol–water partition coefficient (Wildman–Crippen LogP) is 2.39. The fourth-order valence-electron chi connectivity index (χ4n) is 0.990. The van der Waals surface area contributed by atoms with Gasteiger partial charge in [-0.3, -0.25) is 0 Å². The van der Waals surface area contributed by atoms with Gasteiger partial charge in [0.25, 0.3) is 0 Å². The quantitative estimate of drug-likeness (QED) is 0.760. The first-order valence-corrected chi connectivity index (χ1v) is 3.62. The van der Waals surface area contributed by atoms with Crippen LogP contribution in [-0.2, 0) is 0 Å². The van der Waals surface area contributed by atoms with E-state index in [4.69, 9.17) is 5.73 Å². The van der Waals surface area contributed by atoms with Crippen molar-refractivity contribution < 1.29 is 4.39 Å². The predicted molar refractivity (Wildman–Crippen MR) is 51.3 cm³/mol. The molecule has 3 heteroatoms. The number of benzene rings is 1. The lowest BCUT2D eigenvalue weighted by molar-refractivity contribution is 0.437. The fraction of sp³-hybridized carbons (Fsp3) is 0.333. The molecule has 0 amide bonds. The molecule has 0 aromatic heterocycles. The Labute approximate surface area is 78.2 Å². The average molecular weight is 190 g/mol. The van der Waals surface area contributed by atoms with Crippen molar-refractivity contribution in [2.24, 2.45) is 5.73 Å². The summed E-state index contributed by atoms with van der Waals surface area (Å²) in [6.45, 7) is 1.47. The van der Waals surface area contributed by atoms with E-state index in [9.17, 15) is 4.39 Å². The second kappa shape index (κ2) is 5.12. The summed E-state index contributed by atoms with van der Waals surface area (Å²) in [5.41, 5.74) is 7.47. The number of alkyl halides is 1. The largest absolute Gasteiger partial charge is 0.322 e. The zero-order valence-electron chi connectivity index (χ0n) is 6.96. The van der Waals surface area contributed by atoms with Crippen LogP contribution in [0.4, 0.5) is 4.39 Å². The van der Waals surface area contributed by atoms with Crippen LogP contribution in [0, 0.1) is 6.92 Å². The van der Waals surface area contributed by atoms with Crippen LogP contribution in [0.1, 0.15) is 17.2 Å². The molecule has 0 saturated carbocycles. The summed E-state index contributed by atoms with van der Waals surface area (Å²) < 4.78 is 12.1. The second-order valence-corrected chi connectivity index (χ2v) is 2.67. The minimum atomic E-state index is -0.497. The van der Waals surface area contributed by atoms with E-state index in [0.717, 1.165) is 11.1 Å². The monoisotopic (exact) mass is 189 g/mol. The summed E-state index contributed by atoms with van der Waals surface area (Å²) in [5.74, 6) is 0. The third-order valence-electron chi connectivity index (χ3n) is 1.64. The van der Waals surface area contributed by atoms with E-state index in [2.05, 4.69) is 0 Å². The summed E-state index contributed by atoms with van der Waals surface area (Å²) in [5, 5.41) is 0. The Morgan fingerprint density at radius 1 is 1.50 bits per heavy atom. The standard InChI is InChI=1S/C9H12FN.ClH/c1-7-3-2-4-8(5-7)9(11)6-10;/h2-5,9H,6,11H2,1H3;1H/t9-;/m0./s1. The zero-order valence-corrected chi connectivity index (χ0v) is 7.77. The Morgan fingerprint density at radius 3 is 2.67 bits per heavy atom. The van der Waals surface area contributed by atoms with Gasteiger partial charge in [-0.1, -0.05) is 29.8 Å². The molecule has 0 saturated heterocycles. The maximum atomic E-state index is 12.1. The Hall–Kier alpha value is -0.600. The number of hydrogen-bond acceptors (Lipinski definition) is 1. The molecule has 0 aliphatic carbocycles. The molecule has 2 N–H and O–H groups in total. The molecule has 0 spiro atoms. The molecule has 1 atom stereocenters. The van der Waals surface area contributed by atoms with Crippen molar-refractivity contribution >= 4 is 12.4 Å². The summed E-state index contributed by atoms with van der Waals surface area (Å²) in [6, 6.07) is 7.14. The molecule has 0 heterocycles. The van der Waals surface area contributed by atoms with Gasteiger partial charge in [-0.25, -0.2) is 4.39 Å². The van der Waals surface area contributed by atoms with Gasteiger partial charge in [0.2, 0.25) is 0 Å². The molecule has 0 fully saturated rings. The third kappa shape index (κ3) is 2.80. The van der Waals surface area contributed by atoms with Gasteiger partial charge in [-0.05, 0) is 12.5 Å². The first-order valence-electron chi connectivity index (χ1n) is 3.62. The van der Waals surface area contributed by atoms with Crippen LogP contribution in [-0.4, -0.2) is 6.67 Å². The zero-order chi connectivity index (χ0) is 8.27. The lowest BCUT2D eigenvalue weighted by Crippen LogP contribution is -2.11. The van der Waals surface area contributed by atoms with E-state index in [0.29, 0.717) is 0 Å². The first kappa shape index (κ1) is 11.4. The first-order chi connectivity index (χ1) is 5.24. The topological polar surface area (TPSA) is 26.0 Å². The molecule has 1 aromatic carbocycles. The van der Waals surface area contributed by atoms with E-state index in [1.807, 2.05) is 31.2 Å². The molecule has 0 aliphatic heterocycles. The number of halogens is 2. The Bertz CT molecular complexity index is 240. The molecule has 68 valence electrons. The minimum absolute atomic E-state index is 0. The normalized spacial score (nSPS) is 11.9. The summed E-state index contributed by atoms with van der Waals surface area (Å²) >= 11 is 0. The van der Waals surface area contributed by atoms with Crippen LogP contribution in [0.25, 0.3) is 0 Å². The molecular weight excluding hydrogens is 177 g/mol. The van der Waals surface area contributed by atoms with E-state index in [-0.39, 0.29) is 12.4 Å². The second-order valence-electron chi connectivity index (χ2n) is 2.67. The Morgan fingerprint density at radius 2 is 2.17 bits per heavy atom. The summed E-state index contributed by atoms with van der Waals surface area (Å²) in [6.07, 6.45) is 0. The van der Waals surface area contributed by atoms with Crippen LogP contribution in [0.3, 0.4) is 0 Å². The molecular formula is C9H13ClFN. The lowest BCUT2D eigenvalue weighted by atomic mass is 10.1. The van der Waals surface area contributed by atoms with Crippen LogP contribution >= 0.6 is 12.4 Å². The summed E-state index contributed by atoms with van der Waals surface area (Å²) in [4.78, 5) is 0. The SMILES string of the molecule is Cc1cccc([C@@H](N)CF)c1.Cl. The molecule has 0 bridgehead atoms. The smallest absolute Gasteiger partial charge is 0.109 e. The van der Waals surface area contributed by atoms with Crippen molar-refractivity contribution in [1.29, 1.82) is 0 Å². The van der Waals surface area contributed by atoms with Crippen molar-refractivity contribution in [3.8, 4) is 0 Å². The highest BCUT2D eigenvalue weighted by Gasteiger charge is 2.03. The van der Waals surface area contributed by atoms with Crippen molar-refractivity contribution in [2.75, 3.05) is 6.67 Å². The maximum Gasteiger partial charge on any atom is 0.109 e. The van der Waals surface area contributed by atoms with Crippen LogP contribution in [0.15, 0.2) is 24.3 Å². The van der Waals surface area contributed by atoms with Gasteiger partial charge >= 0.3 is 0 Å². The number of rotatable bonds is 2. The molecule has 0 radical (unpaired) electrons. The van der Waals surface area contributed by atoms with Gasteiger partial charge < -0.3 is 5.73 Å². The maximum absolute atomic E-state index is 12.1. The average Bonchev–Trinajstić information content (AvgIpc) is 2.03. The number of hydrogen-bond donors (Lipinski definition) is 1. The lowest BCUT2D eigenvalue weighted by Gasteiger charge is -2.06. The van der Waals surface area contributed by atoms with Crippen molar-refractivity contribution in [1.82, 2.24) is 0 Å². The van der Waals surface area contributed by atoms with Crippen LogP contribution in [0.2, 0.25) is 0 Å². The van der Waals surface area contributed by atoms with Gasteiger partial charge in [0, 0.05) is 0 Å². The highest BCUT2D eigenvalue weighted by molar-refractivity contribution is 5.85. The van der Waals surface area contributed by atoms with Crippen LogP contribution < -0.4 is 5.73 Å². The Kier molecular flexibility index (Phi) is 4.86. The van der Waals surface area contributed by atoms with E-state index in [1.54, 1.807) is 0 Å². The molecule has 12 heavy (non-hydrogen) atoms. The van der Waals surface area contributed by atoms with Crippen molar-refractivity contribution in [3.05, 3.63) is 35.4 Å². The van der Waals surface area contributed by atoms with Gasteiger partial charge in [0.05, 0.1) is 6.04 Å². The van der Waals surface area contributed by atoms with Gasteiger partial charge in [-0.2, -0.15) is 0 Å². The molecule has 0 unspecified atom stereocenters. The van der Waals surface area contributed by atoms with E-state index in [1.165, 1.54) is 0 Å². The highest BCUT2D eigenvalue weighted by atomic mass is 35.5. The molecule has 1 rings (SSSR count). The Balaban J connectivity index is 0.00000121. The molecule has 0 aliphatic rings. The molecule has 1 nitrogen and oxygen atoms in total. The van der Waals surface area contributed by atoms with E-state index >= 15 is 0 Å². The third-order valence-corrected chi connectivity index (χ3v) is 1.64. The number of nitrogens with two attached hydrogens (primary N) is 1. The van der Waals surface area contributed by atoms with Gasteiger partial charge in [0.15, 0.2) is 0 Å². The summed E-state index contributed by atoms with van der Waals surface area (Å²) in [7, 11) is 0. The van der Waals surface area contributed by atoms with Crippen molar-refractivity contribution in [3.63, 3.8) is 0 Å². The van der Waals surface area contributed by atoms with E-state index < -0.39 is 12.7 Å².